The number of hydrogen-bond donors (Lipinski definition) is 1. The molecule has 0 aromatic carbocycles. The molecule has 0 aliphatic carbocycles. The number of carboxylic acids is 1. The minimum atomic E-state index is -3.45. The third-order valence-corrected chi connectivity index (χ3v) is 7.18. The standard InChI is InChI=1S/C12H15BrN2O4S2/c1-9(12(16)17)8-14-4-6-15(7-5-14)21(18,19)11-3-2-10(13)20-11/h2-3H,1,4-8H2,(H,16,17). The van der Waals surface area contributed by atoms with Crippen molar-refractivity contribution in [2.45, 2.75) is 4.21 Å². The highest BCUT2D eigenvalue weighted by atomic mass is 79.9. The maximum absolute atomic E-state index is 12.4. The van der Waals surface area contributed by atoms with Crippen LogP contribution in [-0.2, 0) is 14.8 Å². The van der Waals surface area contributed by atoms with Gasteiger partial charge in [0, 0.05) is 38.3 Å². The Kier molecular flexibility index (Phi) is 5.20. The van der Waals surface area contributed by atoms with Crippen LogP contribution in [0.4, 0.5) is 0 Å². The molecule has 0 unspecified atom stereocenters. The first-order valence-electron chi connectivity index (χ1n) is 6.19. The number of aliphatic carboxylic acids is 1. The van der Waals surface area contributed by atoms with E-state index in [4.69, 9.17) is 5.11 Å². The van der Waals surface area contributed by atoms with Crippen molar-refractivity contribution in [3.05, 3.63) is 28.1 Å². The van der Waals surface area contributed by atoms with Gasteiger partial charge in [-0.1, -0.05) is 6.58 Å². The van der Waals surface area contributed by atoms with Gasteiger partial charge in [-0.25, -0.2) is 13.2 Å². The molecule has 1 aliphatic heterocycles. The van der Waals surface area contributed by atoms with Crippen LogP contribution in [-0.4, -0.2) is 61.4 Å². The Morgan fingerprint density at radius 3 is 2.43 bits per heavy atom. The summed E-state index contributed by atoms with van der Waals surface area (Å²) in [5, 5.41) is 8.81. The number of carbonyl (C=O) groups is 1. The lowest BCUT2D eigenvalue weighted by atomic mass is 10.2. The Morgan fingerprint density at radius 2 is 1.95 bits per heavy atom. The molecular formula is C12H15BrN2O4S2. The third-order valence-electron chi connectivity index (χ3n) is 3.19. The number of sulfonamides is 1. The van der Waals surface area contributed by atoms with Gasteiger partial charge in [-0.2, -0.15) is 4.31 Å². The van der Waals surface area contributed by atoms with Crippen molar-refractivity contribution in [1.82, 2.24) is 9.21 Å². The highest BCUT2D eigenvalue weighted by molar-refractivity contribution is 9.11. The fourth-order valence-electron chi connectivity index (χ4n) is 2.03. The maximum atomic E-state index is 12.4. The van der Waals surface area contributed by atoms with E-state index < -0.39 is 16.0 Å². The van der Waals surface area contributed by atoms with E-state index in [9.17, 15) is 13.2 Å². The van der Waals surface area contributed by atoms with Crippen LogP contribution in [0.2, 0.25) is 0 Å². The predicted octanol–water partition coefficient (Wildman–Crippen LogP) is 1.46. The van der Waals surface area contributed by atoms with Gasteiger partial charge in [0.25, 0.3) is 10.0 Å². The Morgan fingerprint density at radius 1 is 1.33 bits per heavy atom. The Labute approximate surface area is 135 Å². The van der Waals surface area contributed by atoms with E-state index in [1.165, 1.54) is 15.6 Å². The third kappa shape index (κ3) is 3.92. The van der Waals surface area contributed by atoms with Crippen LogP contribution in [0.15, 0.2) is 32.3 Å². The van der Waals surface area contributed by atoms with Gasteiger partial charge in [-0.3, -0.25) is 4.90 Å². The van der Waals surface area contributed by atoms with Gasteiger partial charge in [0.1, 0.15) is 4.21 Å². The van der Waals surface area contributed by atoms with Gasteiger partial charge < -0.3 is 5.11 Å². The highest BCUT2D eigenvalue weighted by Gasteiger charge is 2.29. The summed E-state index contributed by atoms with van der Waals surface area (Å²) < 4.78 is 27.4. The van der Waals surface area contributed by atoms with Crippen molar-refractivity contribution in [3.8, 4) is 0 Å². The van der Waals surface area contributed by atoms with Crippen LogP contribution < -0.4 is 0 Å². The summed E-state index contributed by atoms with van der Waals surface area (Å²) in [4.78, 5) is 12.6. The smallest absolute Gasteiger partial charge is 0.332 e. The SMILES string of the molecule is C=C(CN1CCN(S(=O)(=O)c2ccc(Br)s2)CC1)C(=O)O. The number of rotatable bonds is 5. The molecule has 1 aromatic rings. The summed E-state index contributed by atoms with van der Waals surface area (Å²) in [5.74, 6) is -1.02. The molecule has 2 heterocycles. The highest BCUT2D eigenvalue weighted by Crippen LogP contribution is 2.28. The summed E-state index contributed by atoms with van der Waals surface area (Å²) in [6.07, 6.45) is 0. The monoisotopic (exact) mass is 394 g/mol. The normalized spacial score (nSPS) is 17.8. The fraction of sp³-hybridized carbons (Fsp3) is 0.417. The van der Waals surface area contributed by atoms with Crippen LogP contribution in [0.25, 0.3) is 0 Å². The average Bonchev–Trinajstić information content (AvgIpc) is 2.86. The van der Waals surface area contributed by atoms with Crippen LogP contribution >= 0.6 is 27.3 Å². The second-order valence-electron chi connectivity index (χ2n) is 4.65. The molecule has 0 bridgehead atoms. The van der Waals surface area contributed by atoms with Crippen molar-refractivity contribution in [1.29, 1.82) is 0 Å². The number of nitrogens with zero attached hydrogens (tertiary/aromatic N) is 2. The largest absolute Gasteiger partial charge is 0.478 e. The number of piperazine rings is 1. The van der Waals surface area contributed by atoms with E-state index in [0.29, 0.717) is 30.4 Å². The molecule has 0 spiro atoms. The lowest BCUT2D eigenvalue weighted by Crippen LogP contribution is -2.49. The molecule has 1 aromatic heterocycles. The molecule has 1 fully saturated rings. The van der Waals surface area contributed by atoms with Crippen molar-refractivity contribution in [2.75, 3.05) is 32.7 Å². The number of hydrogen-bond acceptors (Lipinski definition) is 5. The first-order valence-corrected chi connectivity index (χ1v) is 9.24. The van der Waals surface area contributed by atoms with Crippen LogP contribution in [0, 0.1) is 0 Å². The molecule has 6 nitrogen and oxygen atoms in total. The van der Waals surface area contributed by atoms with E-state index in [-0.39, 0.29) is 12.1 Å². The second-order valence-corrected chi connectivity index (χ2v) is 9.28. The number of thiophene rings is 1. The first-order chi connectivity index (χ1) is 9.80. The van der Waals surface area contributed by atoms with Crippen molar-refractivity contribution in [3.63, 3.8) is 0 Å². The molecule has 1 saturated heterocycles. The fourth-order valence-corrected chi connectivity index (χ4v) is 5.62. The molecule has 1 aliphatic rings. The second kappa shape index (κ2) is 6.57. The van der Waals surface area contributed by atoms with Crippen molar-refractivity contribution >= 4 is 43.3 Å². The molecule has 0 atom stereocenters. The molecule has 21 heavy (non-hydrogen) atoms. The molecule has 0 saturated carbocycles. The van der Waals surface area contributed by atoms with Gasteiger partial charge in [0.2, 0.25) is 0 Å². The average molecular weight is 395 g/mol. The molecule has 9 heteroatoms. The van der Waals surface area contributed by atoms with E-state index in [2.05, 4.69) is 22.5 Å². The van der Waals surface area contributed by atoms with E-state index in [1.54, 1.807) is 12.1 Å². The summed E-state index contributed by atoms with van der Waals surface area (Å²) >= 11 is 4.45. The minimum Gasteiger partial charge on any atom is -0.478 e. The lowest BCUT2D eigenvalue weighted by Gasteiger charge is -2.33. The van der Waals surface area contributed by atoms with Crippen molar-refractivity contribution in [2.24, 2.45) is 0 Å². The Bertz CT molecular complexity index is 648. The maximum Gasteiger partial charge on any atom is 0.332 e. The van der Waals surface area contributed by atoms with Gasteiger partial charge in [0.15, 0.2) is 0 Å². The summed E-state index contributed by atoms with van der Waals surface area (Å²) in [6.45, 7) is 5.45. The summed E-state index contributed by atoms with van der Waals surface area (Å²) in [6, 6.07) is 3.30. The van der Waals surface area contributed by atoms with E-state index >= 15 is 0 Å². The van der Waals surface area contributed by atoms with Crippen molar-refractivity contribution < 1.29 is 18.3 Å². The first kappa shape index (κ1) is 16.6. The van der Waals surface area contributed by atoms with Gasteiger partial charge >= 0.3 is 5.97 Å². The van der Waals surface area contributed by atoms with Gasteiger partial charge in [-0.15, -0.1) is 11.3 Å². The molecule has 0 amide bonds. The Balaban J connectivity index is 1.98. The number of halogens is 1. The lowest BCUT2D eigenvalue weighted by molar-refractivity contribution is -0.132. The quantitative estimate of drug-likeness (QED) is 0.764. The molecule has 116 valence electrons. The summed E-state index contributed by atoms with van der Waals surface area (Å²) in [7, 11) is -3.45. The zero-order chi connectivity index (χ0) is 15.6. The van der Waals surface area contributed by atoms with Gasteiger partial charge in [-0.05, 0) is 28.1 Å². The minimum absolute atomic E-state index is 0.119. The van der Waals surface area contributed by atoms with E-state index in [0.717, 1.165) is 3.79 Å². The van der Waals surface area contributed by atoms with Crippen LogP contribution in [0.5, 0.6) is 0 Å². The molecule has 0 radical (unpaired) electrons. The number of carboxylic acid groups (broad SMARTS) is 1. The molecule has 1 N–H and O–H groups in total. The van der Waals surface area contributed by atoms with E-state index in [1.807, 2.05) is 4.90 Å². The molecule has 2 rings (SSSR count). The Hall–Kier alpha value is -0.740. The predicted molar refractivity (Wildman–Crippen MR) is 84.0 cm³/mol. The zero-order valence-corrected chi connectivity index (χ0v) is 14.4. The van der Waals surface area contributed by atoms with Crippen LogP contribution in [0.1, 0.15) is 0 Å². The molecular weight excluding hydrogens is 380 g/mol. The summed E-state index contributed by atoms with van der Waals surface area (Å²) in [5.41, 5.74) is 0.119. The van der Waals surface area contributed by atoms with Gasteiger partial charge in [0.05, 0.1) is 3.79 Å². The van der Waals surface area contributed by atoms with Crippen LogP contribution in [0.3, 0.4) is 0 Å². The zero-order valence-electron chi connectivity index (χ0n) is 11.2. The topological polar surface area (TPSA) is 77.9 Å².